The average Bonchev–Trinajstić information content (AvgIpc) is 2.89. The van der Waals surface area contributed by atoms with Gasteiger partial charge in [-0.25, -0.2) is 4.98 Å². The van der Waals surface area contributed by atoms with Crippen molar-refractivity contribution in [3.63, 3.8) is 0 Å². The summed E-state index contributed by atoms with van der Waals surface area (Å²) in [4.78, 5) is 7.34. The molecule has 1 N–H and O–H groups in total. The van der Waals surface area contributed by atoms with Gasteiger partial charge in [0.05, 0.1) is 5.39 Å². The molecule has 0 aromatic carbocycles. The molecule has 2 aromatic rings. The lowest BCUT2D eigenvalue weighted by Gasteiger charge is -2.15. The van der Waals surface area contributed by atoms with E-state index in [0.29, 0.717) is 0 Å². The molecule has 1 aliphatic rings. The number of pyridine rings is 1. The van der Waals surface area contributed by atoms with Crippen LogP contribution in [-0.4, -0.2) is 9.97 Å². The Morgan fingerprint density at radius 3 is 3.00 bits per heavy atom. The zero-order chi connectivity index (χ0) is 12.4. The number of hydrogen-bond acceptors (Lipinski definition) is 2. The van der Waals surface area contributed by atoms with Gasteiger partial charge in [-0.3, -0.25) is 0 Å². The Balaban J connectivity index is 1.87. The maximum atomic E-state index is 5.98. The summed E-state index contributed by atoms with van der Waals surface area (Å²) in [6, 6.07) is 3.91. The number of fused-ring (bicyclic) bond motifs is 1. The first-order valence-corrected chi connectivity index (χ1v) is 6.35. The number of aromatic amines is 1. The Morgan fingerprint density at radius 1 is 1.28 bits per heavy atom. The van der Waals surface area contributed by atoms with Crippen LogP contribution in [0.25, 0.3) is 11.0 Å². The van der Waals surface area contributed by atoms with Crippen LogP contribution in [0.3, 0.4) is 0 Å². The molecule has 2 aromatic heterocycles. The summed E-state index contributed by atoms with van der Waals surface area (Å²) in [5.41, 5.74) is 2.36. The molecule has 0 saturated carbocycles. The number of ether oxygens (including phenoxy) is 1. The summed E-state index contributed by atoms with van der Waals surface area (Å²) < 4.78 is 5.98. The number of aromatic nitrogens is 2. The van der Waals surface area contributed by atoms with Crippen molar-refractivity contribution < 1.29 is 4.74 Å². The fraction of sp³-hybridized carbons (Fsp3) is 0.267. The van der Waals surface area contributed by atoms with Crippen LogP contribution in [0.1, 0.15) is 26.2 Å². The van der Waals surface area contributed by atoms with Crippen LogP contribution < -0.4 is 4.74 Å². The van der Waals surface area contributed by atoms with Crippen LogP contribution in [0.5, 0.6) is 5.75 Å². The molecule has 3 rings (SSSR count). The highest BCUT2D eigenvalue weighted by atomic mass is 16.5. The maximum Gasteiger partial charge on any atom is 0.140 e. The van der Waals surface area contributed by atoms with Crippen LogP contribution in [0, 0.1) is 0 Å². The fourth-order valence-corrected chi connectivity index (χ4v) is 2.21. The number of rotatable bonds is 3. The summed E-state index contributed by atoms with van der Waals surface area (Å²) in [7, 11) is 0. The molecule has 3 heteroatoms. The lowest BCUT2D eigenvalue weighted by molar-refractivity contribution is 0.404. The van der Waals surface area contributed by atoms with E-state index in [1.807, 2.05) is 18.3 Å². The van der Waals surface area contributed by atoms with E-state index >= 15 is 0 Å². The van der Waals surface area contributed by atoms with E-state index < -0.39 is 0 Å². The first-order valence-electron chi connectivity index (χ1n) is 6.35. The highest BCUT2D eigenvalue weighted by Crippen LogP contribution is 2.28. The minimum atomic E-state index is 0.869. The molecule has 18 heavy (non-hydrogen) atoms. The van der Waals surface area contributed by atoms with Gasteiger partial charge in [-0.05, 0) is 31.1 Å². The average molecular weight is 240 g/mol. The second-order valence-corrected chi connectivity index (χ2v) is 4.46. The molecule has 0 spiro atoms. The molecular weight excluding hydrogens is 224 g/mol. The third-order valence-corrected chi connectivity index (χ3v) is 3.31. The van der Waals surface area contributed by atoms with Crippen LogP contribution >= 0.6 is 0 Å². The number of H-pyrrole nitrogens is 1. The lowest BCUT2D eigenvalue weighted by atomic mass is 10.0. The van der Waals surface area contributed by atoms with E-state index in [0.717, 1.165) is 41.8 Å². The quantitative estimate of drug-likeness (QED) is 0.881. The molecule has 3 nitrogen and oxygen atoms in total. The molecule has 0 radical (unpaired) electrons. The summed E-state index contributed by atoms with van der Waals surface area (Å²) in [5.74, 6) is 1.90. The normalized spacial score (nSPS) is 15.4. The first kappa shape index (κ1) is 11.1. The predicted molar refractivity (Wildman–Crippen MR) is 72.4 cm³/mol. The van der Waals surface area contributed by atoms with Gasteiger partial charge in [0, 0.05) is 18.8 Å². The smallest absolute Gasteiger partial charge is 0.140 e. The van der Waals surface area contributed by atoms with Gasteiger partial charge >= 0.3 is 0 Å². The Bertz CT molecular complexity index is 622. The largest absolute Gasteiger partial charge is 0.461 e. The second kappa shape index (κ2) is 4.69. The molecule has 0 unspecified atom stereocenters. The minimum Gasteiger partial charge on any atom is -0.461 e. The van der Waals surface area contributed by atoms with Gasteiger partial charge in [0.1, 0.15) is 17.2 Å². The van der Waals surface area contributed by atoms with E-state index in [1.165, 1.54) is 5.57 Å². The van der Waals surface area contributed by atoms with Crippen LogP contribution in [0.2, 0.25) is 0 Å². The Hall–Kier alpha value is -2.03. The molecule has 0 amide bonds. The zero-order valence-corrected chi connectivity index (χ0v) is 10.4. The summed E-state index contributed by atoms with van der Waals surface area (Å²) in [5, 5.41) is 1.03. The molecule has 0 aliphatic heterocycles. The van der Waals surface area contributed by atoms with E-state index in [4.69, 9.17) is 4.74 Å². The Morgan fingerprint density at radius 2 is 2.22 bits per heavy atom. The number of allylic oxidation sites excluding steroid dienone is 4. The van der Waals surface area contributed by atoms with Crippen molar-refractivity contribution in [3.8, 4) is 5.75 Å². The zero-order valence-electron chi connectivity index (χ0n) is 10.4. The Kier molecular flexibility index (Phi) is 2.89. The van der Waals surface area contributed by atoms with Gasteiger partial charge in [-0.2, -0.15) is 0 Å². The van der Waals surface area contributed by atoms with Crippen molar-refractivity contribution in [2.75, 3.05) is 0 Å². The summed E-state index contributed by atoms with van der Waals surface area (Å²) in [6.45, 7) is 2.19. The summed E-state index contributed by atoms with van der Waals surface area (Å²) in [6.07, 6.45) is 11.1. The molecule has 2 heterocycles. The van der Waals surface area contributed by atoms with Crippen LogP contribution in [0.15, 0.2) is 48.0 Å². The van der Waals surface area contributed by atoms with E-state index in [2.05, 4.69) is 29.0 Å². The highest BCUT2D eigenvalue weighted by molar-refractivity contribution is 5.82. The van der Waals surface area contributed by atoms with Gasteiger partial charge in [0.25, 0.3) is 0 Å². The second-order valence-electron chi connectivity index (χ2n) is 4.46. The van der Waals surface area contributed by atoms with Crippen molar-refractivity contribution in [1.29, 1.82) is 0 Å². The third-order valence-electron chi connectivity index (χ3n) is 3.31. The van der Waals surface area contributed by atoms with Gasteiger partial charge in [0.15, 0.2) is 0 Å². The van der Waals surface area contributed by atoms with E-state index in [1.54, 1.807) is 6.20 Å². The minimum absolute atomic E-state index is 0.869. The summed E-state index contributed by atoms with van der Waals surface area (Å²) >= 11 is 0. The topological polar surface area (TPSA) is 37.9 Å². The number of nitrogens with zero attached hydrogens (tertiary/aromatic N) is 1. The van der Waals surface area contributed by atoms with Crippen LogP contribution in [-0.2, 0) is 0 Å². The molecule has 92 valence electrons. The predicted octanol–water partition coefficient (Wildman–Crippen LogP) is 3.96. The van der Waals surface area contributed by atoms with Crippen molar-refractivity contribution >= 4 is 11.0 Å². The monoisotopic (exact) mass is 240 g/mol. The molecular formula is C15H16N2O. The molecule has 0 fully saturated rings. The van der Waals surface area contributed by atoms with Crippen molar-refractivity contribution in [2.45, 2.75) is 26.2 Å². The van der Waals surface area contributed by atoms with Crippen LogP contribution in [0.4, 0.5) is 0 Å². The molecule has 0 bridgehead atoms. The fourth-order valence-electron chi connectivity index (χ4n) is 2.21. The first-order chi connectivity index (χ1) is 8.86. The lowest BCUT2D eigenvalue weighted by Crippen LogP contribution is -2.00. The molecule has 0 atom stereocenters. The molecule has 1 aliphatic carbocycles. The maximum absolute atomic E-state index is 5.98. The molecule has 0 saturated heterocycles. The van der Waals surface area contributed by atoms with Gasteiger partial charge in [-0.1, -0.05) is 18.6 Å². The number of hydrogen-bond donors (Lipinski definition) is 1. The standard InChI is InChI=1S/C15H16N2O/c1-2-11-3-5-12(6-4-11)18-14-8-10-17-15-13(14)7-9-16-15/h3,5,7-10H,2,4,6H2,1H3,(H,16,17). The van der Waals surface area contributed by atoms with Crippen molar-refractivity contribution in [2.24, 2.45) is 0 Å². The van der Waals surface area contributed by atoms with E-state index in [-0.39, 0.29) is 0 Å². The highest BCUT2D eigenvalue weighted by Gasteiger charge is 2.09. The van der Waals surface area contributed by atoms with Gasteiger partial charge in [-0.15, -0.1) is 0 Å². The van der Waals surface area contributed by atoms with Gasteiger partial charge in [0.2, 0.25) is 0 Å². The van der Waals surface area contributed by atoms with Crippen molar-refractivity contribution in [3.05, 3.63) is 48.0 Å². The Labute approximate surface area is 106 Å². The SMILES string of the molecule is CCC1=CC=C(Oc2ccnc3[nH]ccc23)CC1. The van der Waals surface area contributed by atoms with Gasteiger partial charge < -0.3 is 9.72 Å². The van der Waals surface area contributed by atoms with Crippen molar-refractivity contribution in [1.82, 2.24) is 9.97 Å². The number of nitrogens with one attached hydrogen (secondary N) is 1. The third kappa shape index (κ3) is 2.04. The van der Waals surface area contributed by atoms with E-state index in [9.17, 15) is 0 Å².